The van der Waals surface area contributed by atoms with Crippen LogP contribution in [0.15, 0.2) is 6.20 Å². The minimum atomic E-state index is -1.01. The number of nitrogens with one attached hydrogen (secondary N) is 1. The van der Waals surface area contributed by atoms with Gasteiger partial charge < -0.3 is 15.3 Å². The number of urea groups is 1. The lowest BCUT2D eigenvalue weighted by Crippen LogP contribution is -2.44. The second kappa shape index (κ2) is 7.66. The molecule has 0 aliphatic rings. The SMILES string of the molecule is CCc1nn(C)cc1CNC(=O)N(CC(=O)O)CC(C)C. The Bertz CT molecular complexity index is 496. The molecule has 0 radical (unpaired) electrons. The molecule has 7 heteroatoms. The Morgan fingerprint density at radius 3 is 2.67 bits per heavy atom. The highest BCUT2D eigenvalue weighted by molar-refractivity contribution is 5.80. The van der Waals surface area contributed by atoms with E-state index in [1.807, 2.05) is 34.0 Å². The standard InChI is InChI=1S/C14H24N4O3/c1-5-12-11(8-17(4)16-12)6-15-14(21)18(7-10(2)3)9-13(19)20/h8,10H,5-7,9H2,1-4H3,(H,15,21)(H,19,20). The van der Waals surface area contributed by atoms with Crippen LogP contribution in [0, 0.1) is 5.92 Å². The van der Waals surface area contributed by atoms with E-state index in [0.717, 1.165) is 17.7 Å². The van der Waals surface area contributed by atoms with Crippen LogP contribution in [-0.2, 0) is 24.8 Å². The molecule has 0 bridgehead atoms. The molecule has 0 unspecified atom stereocenters. The lowest BCUT2D eigenvalue weighted by molar-refractivity contribution is -0.137. The molecule has 1 aromatic rings. The molecule has 0 saturated carbocycles. The molecule has 1 heterocycles. The molecule has 0 aliphatic carbocycles. The maximum Gasteiger partial charge on any atom is 0.323 e. The average molecular weight is 296 g/mol. The van der Waals surface area contributed by atoms with Crippen molar-refractivity contribution in [2.45, 2.75) is 33.7 Å². The summed E-state index contributed by atoms with van der Waals surface area (Å²) in [4.78, 5) is 24.3. The lowest BCUT2D eigenvalue weighted by Gasteiger charge is -2.23. The van der Waals surface area contributed by atoms with Gasteiger partial charge in [0.25, 0.3) is 0 Å². The van der Waals surface area contributed by atoms with Gasteiger partial charge in [0.05, 0.1) is 5.69 Å². The van der Waals surface area contributed by atoms with Gasteiger partial charge in [0.2, 0.25) is 0 Å². The maximum absolute atomic E-state index is 12.1. The Morgan fingerprint density at radius 1 is 1.48 bits per heavy atom. The number of carbonyl (C=O) groups excluding carboxylic acids is 1. The van der Waals surface area contributed by atoms with Crippen LogP contribution in [-0.4, -0.2) is 44.9 Å². The van der Waals surface area contributed by atoms with Crippen LogP contribution in [0.25, 0.3) is 0 Å². The van der Waals surface area contributed by atoms with Gasteiger partial charge in [-0.25, -0.2) is 4.79 Å². The van der Waals surface area contributed by atoms with Crippen LogP contribution in [0.4, 0.5) is 4.79 Å². The molecule has 0 spiro atoms. The molecule has 0 fully saturated rings. The Kier molecular flexibility index (Phi) is 6.20. The summed E-state index contributed by atoms with van der Waals surface area (Å²) in [6.07, 6.45) is 2.65. The van der Waals surface area contributed by atoms with E-state index in [9.17, 15) is 9.59 Å². The monoisotopic (exact) mass is 296 g/mol. The van der Waals surface area contributed by atoms with Gasteiger partial charge >= 0.3 is 12.0 Å². The predicted octanol–water partition coefficient (Wildman–Crippen LogP) is 1.23. The van der Waals surface area contributed by atoms with Crippen LogP contribution < -0.4 is 5.32 Å². The predicted molar refractivity (Wildman–Crippen MR) is 78.9 cm³/mol. The second-order valence-corrected chi connectivity index (χ2v) is 5.46. The zero-order valence-corrected chi connectivity index (χ0v) is 13.1. The molecule has 7 nitrogen and oxygen atoms in total. The van der Waals surface area contributed by atoms with Crippen molar-refractivity contribution in [3.05, 3.63) is 17.5 Å². The van der Waals surface area contributed by atoms with Crippen LogP contribution in [0.2, 0.25) is 0 Å². The molecule has 0 saturated heterocycles. The number of nitrogens with zero attached hydrogens (tertiary/aromatic N) is 3. The number of carboxylic acids is 1. The van der Waals surface area contributed by atoms with E-state index < -0.39 is 5.97 Å². The van der Waals surface area contributed by atoms with Crippen LogP contribution in [0.3, 0.4) is 0 Å². The quantitative estimate of drug-likeness (QED) is 0.792. The summed E-state index contributed by atoms with van der Waals surface area (Å²) in [6.45, 7) is 6.35. The Hall–Kier alpha value is -2.05. The highest BCUT2D eigenvalue weighted by Crippen LogP contribution is 2.07. The highest BCUT2D eigenvalue weighted by atomic mass is 16.4. The third-order valence-corrected chi connectivity index (χ3v) is 2.96. The first-order valence-corrected chi connectivity index (χ1v) is 7.09. The van der Waals surface area contributed by atoms with Crippen LogP contribution in [0.5, 0.6) is 0 Å². The van der Waals surface area contributed by atoms with Crippen LogP contribution in [0.1, 0.15) is 32.0 Å². The van der Waals surface area contributed by atoms with E-state index >= 15 is 0 Å². The third kappa shape index (κ3) is 5.45. The molecule has 2 amide bonds. The topological polar surface area (TPSA) is 87.5 Å². The Balaban J connectivity index is 2.65. The van der Waals surface area contributed by atoms with Crippen molar-refractivity contribution in [1.29, 1.82) is 0 Å². The maximum atomic E-state index is 12.1. The summed E-state index contributed by atoms with van der Waals surface area (Å²) < 4.78 is 1.71. The summed E-state index contributed by atoms with van der Waals surface area (Å²) in [6, 6.07) is -0.364. The summed E-state index contributed by atoms with van der Waals surface area (Å²) in [5, 5.41) is 16.0. The van der Waals surface area contributed by atoms with Gasteiger partial charge in [0.15, 0.2) is 0 Å². The van der Waals surface area contributed by atoms with Crippen molar-refractivity contribution in [2.24, 2.45) is 13.0 Å². The molecule has 1 rings (SSSR count). The van der Waals surface area contributed by atoms with Gasteiger partial charge in [-0.2, -0.15) is 5.10 Å². The van der Waals surface area contributed by atoms with E-state index in [4.69, 9.17) is 5.11 Å². The van der Waals surface area contributed by atoms with Crippen molar-refractivity contribution in [3.63, 3.8) is 0 Å². The number of amides is 2. The fourth-order valence-electron chi connectivity index (χ4n) is 2.13. The van der Waals surface area contributed by atoms with Crippen molar-refractivity contribution in [3.8, 4) is 0 Å². The van der Waals surface area contributed by atoms with E-state index in [-0.39, 0.29) is 18.5 Å². The number of carboxylic acid groups (broad SMARTS) is 1. The highest BCUT2D eigenvalue weighted by Gasteiger charge is 2.18. The summed E-state index contributed by atoms with van der Waals surface area (Å²) in [5.41, 5.74) is 1.89. The molecule has 118 valence electrons. The molecule has 21 heavy (non-hydrogen) atoms. The molecule has 1 aromatic heterocycles. The number of hydrogen-bond acceptors (Lipinski definition) is 3. The van der Waals surface area contributed by atoms with E-state index in [1.54, 1.807) is 4.68 Å². The minimum Gasteiger partial charge on any atom is -0.480 e. The lowest BCUT2D eigenvalue weighted by atomic mass is 10.2. The van der Waals surface area contributed by atoms with Crippen molar-refractivity contribution >= 4 is 12.0 Å². The van der Waals surface area contributed by atoms with E-state index in [1.165, 1.54) is 4.90 Å². The first kappa shape index (κ1) is 17.0. The summed E-state index contributed by atoms with van der Waals surface area (Å²) in [5.74, 6) is -0.805. The number of aliphatic carboxylic acids is 1. The zero-order chi connectivity index (χ0) is 16.0. The third-order valence-electron chi connectivity index (χ3n) is 2.96. The largest absolute Gasteiger partial charge is 0.480 e. The van der Waals surface area contributed by atoms with Gasteiger partial charge in [-0.05, 0) is 12.3 Å². The van der Waals surface area contributed by atoms with Crippen molar-refractivity contribution in [2.75, 3.05) is 13.1 Å². The average Bonchev–Trinajstić information content (AvgIpc) is 2.74. The fourth-order valence-corrected chi connectivity index (χ4v) is 2.13. The molecule has 0 aliphatic heterocycles. The molecule has 0 atom stereocenters. The summed E-state index contributed by atoms with van der Waals surface area (Å²) >= 11 is 0. The fraction of sp³-hybridized carbons (Fsp3) is 0.643. The van der Waals surface area contributed by atoms with Gasteiger partial charge in [0.1, 0.15) is 6.54 Å². The molecule has 2 N–H and O–H groups in total. The number of rotatable bonds is 7. The molecule has 0 aromatic carbocycles. The number of aromatic nitrogens is 2. The first-order chi connectivity index (χ1) is 9.83. The summed E-state index contributed by atoms with van der Waals surface area (Å²) in [7, 11) is 1.83. The van der Waals surface area contributed by atoms with Gasteiger partial charge in [0, 0.05) is 31.9 Å². The van der Waals surface area contributed by atoms with Gasteiger partial charge in [-0.1, -0.05) is 20.8 Å². The van der Waals surface area contributed by atoms with Crippen LogP contribution >= 0.6 is 0 Å². The Morgan fingerprint density at radius 2 is 2.14 bits per heavy atom. The minimum absolute atomic E-state index is 0.208. The number of aryl methyl sites for hydroxylation is 2. The number of hydrogen-bond donors (Lipinski definition) is 2. The zero-order valence-electron chi connectivity index (χ0n) is 13.1. The Labute approximate surface area is 124 Å². The van der Waals surface area contributed by atoms with Crippen molar-refractivity contribution < 1.29 is 14.7 Å². The smallest absolute Gasteiger partial charge is 0.323 e. The van der Waals surface area contributed by atoms with Gasteiger partial charge in [-0.3, -0.25) is 9.48 Å². The molecular weight excluding hydrogens is 272 g/mol. The van der Waals surface area contributed by atoms with E-state index in [0.29, 0.717) is 13.1 Å². The number of carbonyl (C=O) groups is 2. The first-order valence-electron chi connectivity index (χ1n) is 7.09. The second-order valence-electron chi connectivity index (χ2n) is 5.46. The van der Waals surface area contributed by atoms with Crippen molar-refractivity contribution in [1.82, 2.24) is 20.0 Å². The van der Waals surface area contributed by atoms with Gasteiger partial charge in [-0.15, -0.1) is 0 Å². The van der Waals surface area contributed by atoms with E-state index in [2.05, 4.69) is 10.4 Å². The molecular formula is C14H24N4O3. The normalized spacial score (nSPS) is 10.7.